The summed E-state index contributed by atoms with van der Waals surface area (Å²) in [4.78, 5) is 12.2. The van der Waals surface area contributed by atoms with E-state index in [-0.39, 0.29) is 17.9 Å². The van der Waals surface area contributed by atoms with Crippen molar-refractivity contribution in [3.05, 3.63) is 52.6 Å². The topological polar surface area (TPSA) is 55.8 Å². The van der Waals surface area contributed by atoms with E-state index in [0.29, 0.717) is 31.7 Å². The summed E-state index contributed by atoms with van der Waals surface area (Å²) in [6.07, 6.45) is 6.55. The molecule has 0 amide bonds. The van der Waals surface area contributed by atoms with Gasteiger partial charge in [-0.3, -0.25) is 4.79 Å². The normalized spacial score (nSPS) is 36.2. The summed E-state index contributed by atoms with van der Waals surface area (Å²) in [5.41, 5.74) is 3.48. The van der Waals surface area contributed by atoms with Gasteiger partial charge < -0.3 is 14.6 Å². The zero-order valence-electron chi connectivity index (χ0n) is 19.2. The molecule has 2 saturated carbocycles. The quantitative estimate of drug-likeness (QED) is 0.673. The number of ether oxygens (including phenoxy) is 2. The zero-order valence-corrected chi connectivity index (χ0v) is 19.2. The molecular formula is C28H32O4. The highest BCUT2D eigenvalue weighted by molar-refractivity contribution is 5.84. The van der Waals surface area contributed by atoms with E-state index in [1.165, 1.54) is 16.7 Å². The Bertz CT molecular complexity index is 1050. The number of carbonyl (C=O) groups excluding carboxylic acids is 1. The van der Waals surface area contributed by atoms with Gasteiger partial charge in [-0.25, -0.2) is 0 Å². The van der Waals surface area contributed by atoms with E-state index >= 15 is 0 Å². The standard InChI is InChI=1S/C28H32O4/c1-4-14-28(30)15-13-24-23-11-7-19-16-20(29)8-12-22(19)25(23)26(32-17-27(24,28)2)18-5-9-21(31-3)10-6-18/h5-7,9-10,23-24,26,30H,8,11-13,15-17H2,1-3H3/t23?,24?,26?,27-,28-/m0/s1. The van der Waals surface area contributed by atoms with Crippen LogP contribution in [0.4, 0.5) is 0 Å². The van der Waals surface area contributed by atoms with Crippen LogP contribution >= 0.6 is 0 Å². The molecule has 4 heteroatoms. The Kier molecular flexibility index (Phi) is 5.31. The van der Waals surface area contributed by atoms with Crippen LogP contribution in [0.15, 0.2) is 47.1 Å². The van der Waals surface area contributed by atoms with Crippen LogP contribution in [0, 0.1) is 29.1 Å². The van der Waals surface area contributed by atoms with E-state index < -0.39 is 11.0 Å². The highest BCUT2D eigenvalue weighted by Crippen LogP contribution is 2.61. The van der Waals surface area contributed by atoms with Gasteiger partial charge in [-0.05, 0) is 78.9 Å². The maximum atomic E-state index is 12.2. The van der Waals surface area contributed by atoms with Crippen LogP contribution in [0.3, 0.4) is 0 Å². The van der Waals surface area contributed by atoms with Gasteiger partial charge in [0.15, 0.2) is 0 Å². The largest absolute Gasteiger partial charge is 0.497 e. The first-order valence-electron chi connectivity index (χ1n) is 11.8. The van der Waals surface area contributed by atoms with Crippen LogP contribution in [-0.2, 0) is 9.53 Å². The molecule has 5 rings (SSSR count). The van der Waals surface area contributed by atoms with Crippen molar-refractivity contribution in [1.29, 1.82) is 0 Å². The molecule has 3 unspecified atom stereocenters. The Labute approximate surface area is 190 Å². The van der Waals surface area contributed by atoms with E-state index in [1.807, 2.05) is 12.1 Å². The lowest BCUT2D eigenvalue weighted by Crippen LogP contribution is -2.48. The van der Waals surface area contributed by atoms with Crippen LogP contribution in [0.25, 0.3) is 0 Å². The lowest BCUT2D eigenvalue weighted by atomic mass is 9.62. The number of aliphatic hydroxyl groups is 1. The van der Waals surface area contributed by atoms with E-state index in [0.717, 1.165) is 30.6 Å². The fraction of sp³-hybridized carbons (Fsp3) is 0.536. The molecule has 168 valence electrons. The van der Waals surface area contributed by atoms with Crippen LogP contribution in [0.5, 0.6) is 5.75 Å². The number of methoxy groups -OCH3 is 1. The number of hydrogen-bond donors (Lipinski definition) is 1. The Morgan fingerprint density at radius 2 is 2.00 bits per heavy atom. The second-order valence-electron chi connectivity index (χ2n) is 9.98. The van der Waals surface area contributed by atoms with E-state index in [9.17, 15) is 9.90 Å². The monoisotopic (exact) mass is 432 g/mol. The van der Waals surface area contributed by atoms with Crippen LogP contribution in [-0.4, -0.2) is 30.2 Å². The number of ketones is 1. The smallest absolute Gasteiger partial charge is 0.137 e. The fourth-order valence-corrected chi connectivity index (χ4v) is 6.67. The Morgan fingerprint density at radius 3 is 2.72 bits per heavy atom. The highest BCUT2D eigenvalue weighted by Gasteiger charge is 2.61. The lowest BCUT2D eigenvalue weighted by Gasteiger charge is -2.42. The van der Waals surface area contributed by atoms with Crippen molar-refractivity contribution in [3.8, 4) is 17.6 Å². The number of benzene rings is 1. The summed E-state index contributed by atoms with van der Waals surface area (Å²) in [5, 5.41) is 11.6. The van der Waals surface area contributed by atoms with Gasteiger partial charge in [-0.2, -0.15) is 0 Å². The average molecular weight is 433 g/mol. The maximum Gasteiger partial charge on any atom is 0.137 e. The molecule has 4 aliphatic rings. The van der Waals surface area contributed by atoms with Crippen molar-refractivity contribution in [2.75, 3.05) is 13.7 Å². The van der Waals surface area contributed by atoms with E-state index in [1.54, 1.807) is 14.0 Å². The fourth-order valence-electron chi connectivity index (χ4n) is 6.67. The lowest BCUT2D eigenvalue weighted by molar-refractivity contribution is -0.118. The second-order valence-corrected chi connectivity index (χ2v) is 9.98. The number of carbonyl (C=O) groups is 1. The van der Waals surface area contributed by atoms with Crippen molar-refractivity contribution in [2.45, 2.75) is 64.1 Å². The molecule has 3 fully saturated rings. The van der Waals surface area contributed by atoms with Crippen molar-refractivity contribution in [1.82, 2.24) is 0 Å². The number of fused-ring (bicyclic) bond motifs is 4. The summed E-state index contributed by atoms with van der Waals surface area (Å²) in [6.45, 7) is 4.42. The average Bonchev–Trinajstić information content (AvgIpc) is 2.96. The summed E-state index contributed by atoms with van der Waals surface area (Å²) in [7, 11) is 1.67. The molecule has 1 aromatic carbocycles. The number of Topliss-reactive ketones (excluding diaryl/α,β-unsaturated/α-hetero) is 1. The maximum absolute atomic E-state index is 12.2. The molecule has 0 bridgehead atoms. The predicted octanol–water partition coefficient (Wildman–Crippen LogP) is 4.93. The third-order valence-electron chi connectivity index (χ3n) is 8.44. The van der Waals surface area contributed by atoms with Gasteiger partial charge >= 0.3 is 0 Å². The molecule has 1 aliphatic heterocycles. The minimum atomic E-state index is -1.04. The molecule has 1 aromatic rings. The van der Waals surface area contributed by atoms with Gasteiger partial charge in [-0.1, -0.05) is 31.1 Å². The molecule has 0 radical (unpaired) electrons. The first-order chi connectivity index (χ1) is 15.4. The minimum absolute atomic E-state index is 0.181. The van der Waals surface area contributed by atoms with Gasteiger partial charge in [0.1, 0.15) is 23.2 Å². The zero-order chi connectivity index (χ0) is 22.5. The molecule has 32 heavy (non-hydrogen) atoms. The van der Waals surface area contributed by atoms with Gasteiger partial charge in [0.2, 0.25) is 0 Å². The van der Waals surface area contributed by atoms with Crippen molar-refractivity contribution < 1.29 is 19.4 Å². The molecule has 3 aliphatic carbocycles. The molecule has 5 atom stereocenters. The van der Waals surface area contributed by atoms with Crippen molar-refractivity contribution in [2.24, 2.45) is 17.3 Å². The minimum Gasteiger partial charge on any atom is -0.497 e. The number of hydrogen-bond acceptors (Lipinski definition) is 4. The third kappa shape index (κ3) is 3.17. The molecule has 0 spiro atoms. The van der Waals surface area contributed by atoms with Crippen molar-refractivity contribution in [3.63, 3.8) is 0 Å². The SMILES string of the molecule is CC#C[C@]1(O)CCC2C3CC=C4CC(=O)CCC4=C3C(c3ccc(OC)cc3)OC[C@@]21C. The molecule has 1 saturated heterocycles. The second kappa shape index (κ2) is 7.90. The molecule has 0 aromatic heterocycles. The Balaban J connectivity index is 1.65. The summed E-state index contributed by atoms with van der Waals surface area (Å²) >= 11 is 0. The molecule has 1 heterocycles. The molecule has 4 nitrogen and oxygen atoms in total. The molecule has 1 N–H and O–H groups in total. The van der Waals surface area contributed by atoms with Crippen LogP contribution < -0.4 is 4.74 Å². The van der Waals surface area contributed by atoms with Crippen LogP contribution in [0.1, 0.15) is 64.0 Å². The summed E-state index contributed by atoms with van der Waals surface area (Å²) < 4.78 is 12.1. The predicted molar refractivity (Wildman–Crippen MR) is 123 cm³/mol. The Morgan fingerprint density at radius 1 is 1.22 bits per heavy atom. The van der Waals surface area contributed by atoms with Crippen LogP contribution in [0.2, 0.25) is 0 Å². The highest BCUT2D eigenvalue weighted by atomic mass is 16.5. The third-order valence-corrected chi connectivity index (χ3v) is 8.44. The Hall–Kier alpha value is -2.35. The number of allylic oxidation sites excluding steroid dienone is 3. The van der Waals surface area contributed by atoms with Gasteiger partial charge in [0, 0.05) is 18.3 Å². The first-order valence-corrected chi connectivity index (χ1v) is 11.8. The molecular weight excluding hydrogens is 400 g/mol. The van der Waals surface area contributed by atoms with Gasteiger partial charge in [0.25, 0.3) is 0 Å². The van der Waals surface area contributed by atoms with Gasteiger partial charge in [0.05, 0.1) is 13.7 Å². The van der Waals surface area contributed by atoms with E-state index in [2.05, 4.69) is 37.0 Å². The van der Waals surface area contributed by atoms with Crippen molar-refractivity contribution >= 4 is 5.78 Å². The first kappa shape index (κ1) is 21.5. The number of rotatable bonds is 2. The summed E-state index contributed by atoms with van der Waals surface area (Å²) in [5.74, 6) is 7.84. The van der Waals surface area contributed by atoms with E-state index in [4.69, 9.17) is 9.47 Å². The summed E-state index contributed by atoms with van der Waals surface area (Å²) in [6, 6.07) is 8.13. The van der Waals surface area contributed by atoms with Gasteiger partial charge in [-0.15, -0.1) is 5.92 Å².